The summed E-state index contributed by atoms with van der Waals surface area (Å²) in [6.07, 6.45) is 1.76. The van der Waals surface area contributed by atoms with Gasteiger partial charge in [-0.15, -0.1) is 0 Å². The smallest absolute Gasteiger partial charge is 0.240 e. The highest BCUT2D eigenvalue weighted by atomic mass is 16.5. The quantitative estimate of drug-likeness (QED) is 0.761. The molecular weight excluding hydrogens is 180 g/mol. The number of aromatic nitrogens is 3. The van der Waals surface area contributed by atoms with Crippen molar-refractivity contribution in [2.75, 3.05) is 0 Å². The lowest BCUT2D eigenvalue weighted by Gasteiger charge is -1.93. The molecule has 0 amide bonds. The third-order valence-electron chi connectivity index (χ3n) is 1.78. The summed E-state index contributed by atoms with van der Waals surface area (Å²) in [6, 6.07) is 3.79. The molecular formula is C9H10N4O. The lowest BCUT2D eigenvalue weighted by Crippen LogP contribution is -1.95. The van der Waals surface area contributed by atoms with Gasteiger partial charge in [0.25, 0.3) is 0 Å². The highest BCUT2D eigenvalue weighted by Gasteiger charge is 2.07. The van der Waals surface area contributed by atoms with Gasteiger partial charge >= 0.3 is 0 Å². The second-order valence-electron chi connectivity index (χ2n) is 2.94. The fourth-order valence-electron chi connectivity index (χ4n) is 1.04. The second kappa shape index (κ2) is 3.55. The van der Waals surface area contributed by atoms with Crippen LogP contribution in [0.2, 0.25) is 0 Å². The molecule has 2 aromatic heterocycles. The molecule has 72 valence electrons. The standard InChI is InChI=1S/C9H10N4O/c1-6-2-3-7(11-5-6)9-12-8(4-10)14-13-9/h2-3,5H,4,10H2,1H3. The SMILES string of the molecule is Cc1ccc(-c2noc(CN)n2)nc1. The second-order valence-corrected chi connectivity index (χ2v) is 2.94. The fourth-order valence-corrected chi connectivity index (χ4v) is 1.04. The van der Waals surface area contributed by atoms with E-state index in [1.165, 1.54) is 0 Å². The molecule has 2 N–H and O–H groups in total. The lowest BCUT2D eigenvalue weighted by molar-refractivity contribution is 0.380. The van der Waals surface area contributed by atoms with Gasteiger partial charge in [-0.3, -0.25) is 4.98 Å². The minimum atomic E-state index is 0.249. The van der Waals surface area contributed by atoms with Crippen LogP contribution in [0.4, 0.5) is 0 Å². The average molecular weight is 190 g/mol. The predicted molar refractivity (Wildman–Crippen MR) is 50.2 cm³/mol. The summed E-state index contributed by atoms with van der Waals surface area (Å²) < 4.78 is 4.87. The van der Waals surface area contributed by atoms with E-state index >= 15 is 0 Å². The first-order valence-electron chi connectivity index (χ1n) is 4.25. The van der Waals surface area contributed by atoms with Crippen molar-refractivity contribution in [2.45, 2.75) is 13.5 Å². The number of pyridine rings is 1. The molecule has 5 nitrogen and oxygen atoms in total. The van der Waals surface area contributed by atoms with Gasteiger partial charge in [0.1, 0.15) is 5.69 Å². The molecule has 0 aliphatic heterocycles. The first kappa shape index (κ1) is 8.83. The van der Waals surface area contributed by atoms with Crippen LogP contribution >= 0.6 is 0 Å². The largest absolute Gasteiger partial charge is 0.338 e. The molecule has 14 heavy (non-hydrogen) atoms. The molecule has 2 aromatic rings. The zero-order chi connectivity index (χ0) is 9.97. The molecule has 0 aromatic carbocycles. The molecule has 0 fully saturated rings. The minimum Gasteiger partial charge on any atom is -0.338 e. The molecule has 0 unspecified atom stereocenters. The molecule has 0 saturated carbocycles. The zero-order valence-corrected chi connectivity index (χ0v) is 7.77. The number of hydrogen-bond acceptors (Lipinski definition) is 5. The molecule has 0 aliphatic rings. The third kappa shape index (κ3) is 1.62. The summed E-state index contributed by atoms with van der Waals surface area (Å²) in [4.78, 5) is 8.23. The summed E-state index contributed by atoms with van der Waals surface area (Å²) in [6.45, 7) is 2.22. The predicted octanol–water partition coefficient (Wildman–Crippen LogP) is 0.899. The van der Waals surface area contributed by atoms with Gasteiger partial charge in [0, 0.05) is 6.20 Å². The van der Waals surface area contributed by atoms with Gasteiger partial charge in [-0.25, -0.2) is 0 Å². The number of nitrogens with two attached hydrogens (primary N) is 1. The van der Waals surface area contributed by atoms with Crippen LogP contribution in [-0.4, -0.2) is 15.1 Å². The maximum absolute atomic E-state index is 5.35. The van der Waals surface area contributed by atoms with E-state index in [9.17, 15) is 0 Å². The normalized spacial score (nSPS) is 10.4. The van der Waals surface area contributed by atoms with E-state index in [0.29, 0.717) is 17.4 Å². The summed E-state index contributed by atoms with van der Waals surface area (Å²) in [5, 5.41) is 3.76. The Kier molecular flexibility index (Phi) is 2.24. The van der Waals surface area contributed by atoms with Crippen LogP contribution in [0.3, 0.4) is 0 Å². The Morgan fingerprint density at radius 2 is 2.29 bits per heavy atom. The number of rotatable bonds is 2. The van der Waals surface area contributed by atoms with Crippen LogP contribution in [-0.2, 0) is 6.54 Å². The molecule has 0 saturated heterocycles. The van der Waals surface area contributed by atoms with Crippen LogP contribution < -0.4 is 5.73 Å². The van der Waals surface area contributed by atoms with Crippen molar-refractivity contribution in [3.05, 3.63) is 29.8 Å². The average Bonchev–Trinajstić information content (AvgIpc) is 2.67. The van der Waals surface area contributed by atoms with Crippen molar-refractivity contribution in [3.8, 4) is 11.5 Å². The third-order valence-corrected chi connectivity index (χ3v) is 1.78. The first-order chi connectivity index (χ1) is 6.79. The van der Waals surface area contributed by atoms with Crippen molar-refractivity contribution in [2.24, 2.45) is 5.73 Å². The van der Waals surface area contributed by atoms with Crippen LogP contribution in [0.15, 0.2) is 22.9 Å². The van der Waals surface area contributed by atoms with E-state index in [1.807, 2.05) is 19.1 Å². The minimum absolute atomic E-state index is 0.249. The van der Waals surface area contributed by atoms with Crippen molar-refractivity contribution in [3.63, 3.8) is 0 Å². The van der Waals surface area contributed by atoms with E-state index in [4.69, 9.17) is 10.3 Å². The van der Waals surface area contributed by atoms with Gasteiger partial charge in [0.15, 0.2) is 0 Å². The van der Waals surface area contributed by atoms with Gasteiger partial charge < -0.3 is 10.3 Å². The number of aryl methyl sites for hydroxylation is 1. The van der Waals surface area contributed by atoms with Gasteiger partial charge in [-0.2, -0.15) is 4.98 Å². The topological polar surface area (TPSA) is 77.8 Å². The Balaban J connectivity index is 2.34. The summed E-state index contributed by atoms with van der Waals surface area (Å²) >= 11 is 0. The maximum atomic E-state index is 5.35. The van der Waals surface area contributed by atoms with Crippen molar-refractivity contribution in [1.29, 1.82) is 0 Å². The van der Waals surface area contributed by atoms with Gasteiger partial charge in [-0.1, -0.05) is 11.2 Å². The number of hydrogen-bond donors (Lipinski definition) is 1. The highest BCUT2D eigenvalue weighted by molar-refractivity contribution is 5.47. The molecule has 0 bridgehead atoms. The molecule has 0 spiro atoms. The Bertz CT molecular complexity index is 421. The van der Waals surface area contributed by atoms with E-state index in [1.54, 1.807) is 6.20 Å². The molecule has 2 rings (SSSR count). The monoisotopic (exact) mass is 190 g/mol. The molecule has 0 aliphatic carbocycles. The van der Waals surface area contributed by atoms with Crippen LogP contribution in [0.5, 0.6) is 0 Å². The fraction of sp³-hybridized carbons (Fsp3) is 0.222. The van der Waals surface area contributed by atoms with Crippen LogP contribution in [0, 0.1) is 6.92 Å². The Morgan fingerprint density at radius 1 is 1.43 bits per heavy atom. The molecule has 0 atom stereocenters. The van der Waals surface area contributed by atoms with Crippen molar-refractivity contribution in [1.82, 2.24) is 15.1 Å². The summed E-state index contributed by atoms with van der Waals surface area (Å²) in [7, 11) is 0. The molecule has 5 heteroatoms. The highest BCUT2D eigenvalue weighted by Crippen LogP contribution is 2.12. The van der Waals surface area contributed by atoms with E-state index in [0.717, 1.165) is 5.56 Å². The van der Waals surface area contributed by atoms with E-state index in [2.05, 4.69) is 15.1 Å². The van der Waals surface area contributed by atoms with E-state index in [-0.39, 0.29) is 6.54 Å². The Hall–Kier alpha value is -1.75. The lowest BCUT2D eigenvalue weighted by atomic mass is 10.3. The van der Waals surface area contributed by atoms with Gasteiger partial charge in [0.2, 0.25) is 11.7 Å². The van der Waals surface area contributed by atoms with Crippen molar-refractivity contribution >= 4 is 0 Å². The van der Waals surface area contributed by atoms with Crippen LogP contribution in [0.1, 0.15) is 11.5 Å². The maximum Gasteiger partial charge on any atom is 0.240 e. The first-order valence-corrected chi connectivity index (χ1v) is 4.25. The van der Waals surface area contributed by atoms with Crippen LogP contribution in [0.25, 0.3) is 11.5 Å². The summed E-state index contributed by atoms with van der Waals surface area (Å²) in [5.74, 6) is 0.896. The Labute approximate surface area is 81.0 Å². The molecule has 0 radical (unpaired) electrons. The Morgan fingerprint density at radius 3 is 2.86 bits per heavy atom. The van der Waals surface area contributed by atoms with Crippen molar-refractivity contribution < 1.29 is 4.52 Å². The summed E-state index contributed by atoms with van der Waals surface area (Å²) in [5.41, 5.74) is 7.14. The van der Waals surface area contributed by atoms with Gasteiger partial charge in [0.05, 0.1) is 6.54 Å². The zero-order valence-electron chi connectivity index (χ0n) is 7.77. The van der Waals surface area contributed by atoms with Gasteiger partial charge in [-0.05, 0) is 18.6 Å². The number of nitrogens with zero attached hydrogens (tertiary/aromatic N) is 3. The van der Waals surface area contributed by atoms with E-state index < -0.39 is 0 Å². The molecule has 2 heterocycles.